The van der Waals surface area contributed by atoms with Gasteiger partial charge in [-0.15, -0.1) is 0 Å². The van der Waals surface area contributed by atoms with Crippen LogP contribution in [0.4, 0.5) is 0 Å². The zero-order chi connectivity index (χ0) is 23.8. The van der Waals surface area contributed by atoms with Gasteiger partial charge >= 0.3 is 0 Å². The lowest BCUT2D eigenvalue weighted by Gasteiger charge is -2.09. The van der Waals surface area contributed by atoms with Crippen LogP contribution in [0, 0.1) is 6.92 Å². The highest BCUT2D eigenvalue weighted by Crippen LogP contribution is 2.17. The first kappa shape index (κ1) is 22.7. The summed E-state index contributed by atoms with van der Waals surface area (Å²) >= 11 is 0. The molecule has 6 nitrogen and oxygen atoms in total. The second kappa shape index (κ2) is 10.9. The molecule has 0 saturated heterocycles. The van der Waals surface area contributed by atoms with Crippen molar-refractivity contribution in [3.8, 4) is 5.75 Å². The van der Waals surface area contributed by atoms with E-state index in [-0.39, 0.29) is 11.1 Å². The number of hydrazone groups is 1. The summed E-state index contributed by atoms with van der Waals surface area (Å²) in [5.74, 6) is 0.0757. The molecule has 6 heteroatoms. The van der Waals surface area contributed by atoms with Crippen molar-refractivity contribution in [3.63, 3.8) is 0 Å². The van der Waals surface area contributed by atoms with E-state index in [2.05, 4.69) is 10.5 Å². The molecule has 1 heterocycles. The van der Waals surface area contributed by atoms with Crippen molar-refractivity contribution in [2.24, 2.45) is 5.10 Å². The number of aryl methyl sites for hydroxylation is 1. The highest BCUT2D eigenvalue weighted by molar-refractivity contribution is 5.94. The lowest BCUT2D eigenvalue weighted by Crippen LogP contribution is -2.30. The molecule has 0 unspecified atom stereocenters. The molecule has 170 valence electrons. The highest BCUT2D eigenvalue weighted by Gasteiger charge is 2.12. The second-order valence-electron chi connectivity index (χ2n) is 7.85. The molecule has 0 saturated carbocycles. The predicted molar refractivity (Wildman–Crippen MR) is 133 cm³/mol. The van der Waals surface area contributed by atoms with Gasteiger partial charge in [-0.2, -0.15) is 5.10 Å². The van der Waals surface area contributed by atoms with E-state index in [1.165, 1.54) is 16.8 Å². The highest BCUT2D eigenvalue weighted by atomic mass is 16.5. The van der Waals surface area contributed by atoms with E-state index in [4.69, 9.17) is 4.74 Å². The zero-order valence-corrected chi connectivity index (χ0v) is 18.8. The number of amides is 1. The number of carbonyl (C=O) groups excluding carboxylic acids is 1. The van der Waals surface area contributed by atoms with Crippen LogP contribution in [0.2, 0.25) is 0 Å². The van der Waals surface area contributed by atoms with Gasteiger partial charge in [-0.3, -0.25) is 9.59 Å². The number of nitrogens with zero attached hydrogens (tertiary/aromatic N) is 2. The summed E-state index contributed by atoms with van der Waals surface area (Å²) in [6.45, 7) is 2.81. The molecule has 3 aromatic carbocycles. The fourth-order valence-electron chi connectivity index (χ4n) is 3.40. The average Bonchev–Trinajstić information content (AvgIpc) is 2.86. The largest absolute Gasteiger partial charge is 0.488 e. The van der Waals surface area contributed by atoms with Crippen LogP contribution in [0.5, 0.6) is 5.75 Å². The van der Waals surface area contributed by atoms with E-state index < -0.39 is 5.91 Å². The molecule has 34 heavy (non-hydrogen) atoms. The Bertz CT molecular complexity index is 1340. The molecule has 1 amide bonds. The molecule has 0 atom stereocenters. The minimum atomic E-state index is -0.567. The molecule has 0 aliphatic carbocycles. The molecule has 0 spiro atoms. The van der Waals surface area contributed by atoms with E-state index in [9.17, 15) is 9.59 Å². The lowest BCUT2D eigenvalue weighted by molar-refractivity contribution is 0.0953. The number of hydrogen-bond acceptors (Lipinski definition) is 4. The summed E-state index contributed by atoms with van der Waals surface area (Å²) in [5.41, 5.74) is 6.00. The first-order chi connectivity index (χ1) is 16.6. The van der Waals surface area contributed by atoms with Gasteiger partial charge in [-0.05, 0) is 42.3 Å². The lowest BCUT2D eigenvalue weighted by atomic mass is 10.1. The summed E-state index contributed by atoms with van der Waals surface area (Å²) in [6.07, 6.45) is 3.18. The second-order valence-corrected chi connectivity index (χ2v) is 7.85. The molecule has 0 aliphatic rings. The number of carbonyl (C=O) groups is 1. The van der Waals surface area contributed by atoms with Crippen molar-refractivity contribution in [2.45, 2.75) is 20.1 Å². The van der Waals surface area contributed by atoms with E-state index in [1.807, 2.05) is 85.8 Å². The molecule has 0 fully saturated rings. The third-order valence-electron chi connectivity index (χ3n) is 5.26. The van der Waals surface area contributed by atoms with E-state index in [0.717, 1.165) is 16.7 Å². The molecular weight excluding hydrogens is 426 g/mol. The molecule has 0 aliphatic heterocycles. The van der Waals surface area contributed by atoms with Gasteiger partial charge in [-0.1, -0.05) is 72.3 Å². The van der Waals surface area contributed by atoms with Gasteiger partial charge in [0.15, 0.2) is 0 Å². The van der Waals surface area contributed by atoms with Crippen LogP contribution in [-0.2, 0) is 13.2 Å². The van der Waals surface area contributed by atoms with Crippen molar-refractivity contribution < 1.29 is 9.53 Å². The van der Waals surface area contributed by atoms with E-state index >= 15 is 0 Å². The Labute approximate surface area is 198 Å². The Morgan fingerprint density at radius 2 is 1.65 bits per heavy atom. The number of benzene rings is 3. The molecular formula is C28H25N3O3. The van der Waals surface area contributed by atoms with Gasteiger partial charge in [0.25, 0.3) is 11.5 Å². The SMILES string of the molecule is Cc1ccc(Cn2cccc(C(=O)N/N=C\c3ccccc3OCc3ccccc3)c2=O)cc1. The van der Waals surface area contributed by atoms with Crippen molar-refractivity contribution in [3.05, 3.63) is 135 Å². The Hall–Kier alpha value is -4.45. The average molecular weight is 452 g/mol. The van der Waals surface area contributed by atoms with Crippen LogP contribution in [0.15, 0.2) is 107 Å². The number of hydrogen-bond donors (Lipinski definition) is 1. The quantitative estimate of drug-likeness (QED) is 0.316. The van der Waals surface area contributed by atoms with Crippen LogP contribution in [0.3, 0.4) is 0 Å². The maximum atomic E-state index is 12.8. The smallest absolute Gasteiger partial charge is 0.276 e. The van der Waals surface area contributed by atoms with Crippen LogP contribution >= 0.6 is 0 Å². The Morgan fingerprint density at radius 3 is 2.44 bits per heavy atom. The molecule has 0 bridgehead atoms. The number of rotatable bonds is 8. The fourth-order valence-corrected chi connectivity index (χ4v) is 3.40. The Morgan fingerprint density at radius 1 is 0.912 bits per heavy atom. The monoisotopic (exact) mass is 451 g/mol. The van der Waals surface area contributed by atoms with E-state index in [1.54, 1.807) is 12.3 Å². The van der Waals surface area contributed by atoms with Crippen LogP contribution < -0.4 is 15.7 Å². The first-order valence-electron chi connectivity index (χ1n) is 10.9. The number of ether oxygens (including phenoxy) is 1. The van der Waals surface area contributed by atoms with Crippen LogP contribution in [0.25, 0.3) is 0 Å². The first-order valence-corrected chi connectivity index (χ1v) is 10.9. The normalized spacial score (nSPS) is 10.9. The van der Waals surface area contributed by atoms with Gasteiger partial charge in [0.05, 0.1) is 12.8 Å². The summed E-state index contributed by atoms with van der Waals surface area (Å²) < 4.78 is 7.42. The number of nitrogens with one attached hydrogen (secondary N) is 1. The standard InChI is InChI=1S/C28H25N3O3/c1-21-13-15-22(16-14-21)19-31-17-7-11-25(28(31)33)27(32)30-29-18-24-10-5-6-12-26(24)34-20-23-8-3-2-4-9-23/h2-18H,19-20H2,1H3,(H,30,32)/b29-18-. The third-order valence-corrected chi connectivity index (χ3v) is 5.26. The van der Waals surface area contributed by atoms with Gasteiger partial charge in [0.2, 0.25) is 0 Å². The maximum absolute atomic E-state index is 12.8. The number of pyridine rings is 1. The van der Waals surface area contributed by atoms with E-state index in [0.29, 0.717) is 24.5 Å². The molecule has 0 radical (unpaired) electrons. The van der Waals surface area contributed by atoms with Gasteiger partial charge in [0.1, 0.15) is 17.9 Å². The molecule has 1 N–H and O–H groups in total. The predicted octanol–water partition coefficient (Wildman–Crippen LogP) is 4.55. The Balaban J connectivity index is 1.42. The van der Waals surface area contributed by atoms with Crippen molar-refractivity contribution in [1.82, 2.24) is 9.99 Å². The van der Waals surface area contributed by atoms with Crippen molar-refractivity contribution >= 4 is 12.1 Å². The van der Waals surface area contributed by atoms with Gasteiger partial charge in [0, 0.05) is 11.8 Å². The van der Waals surface area contributed by atoms with Gasteiger partial charge in [-0.25, -0.2) is 5.43 Å². The molecule has 4 aromatic rings. The maximum Gasteiger partial charge on any atom is 0.276 e. The molecule has 4 rings (SSSR count). The summed E-state index contributed by atoms with van der Waals surface area (Å²) in [6, 6.07) is 28.4. The zero-order valence-electron chi connectivity index (χ0n) is 18.8. The van der Waals surface area contributed by atoms with Crippen LogP contribution in [-0.4, -0.2) is 16.7 Å². The topological polar surface area (TPSA) is 72.7 Å². The number of para-hydroxylation sites is 1. The summed E-state index contributed by atoms with van der Waals surface area (Å²) in [7, 11) is 0. The molecule has 1 aromatic heterocycles. The number of aromatic nitrogens is 1. The Kier molecular flexibility index (Phi) is 7.30. The fraction of sp³-hybridized carbons (Fsp3) is 0.107. The summed E-state index contributed by atoms with van der Waals surface area (Å²) in [4.78, 5) is 25.5. The van der Waals surface area contributed by atoms with Crippen LogP contribution in [0.1, 0.15) is 32.6 Å². The van der Waals surface area contributed by atoms with Crippen molar-refractivity contribution in [2.75, 3.05) is 0 Å². The summed E-state index contributed by atoms with van der Waals surface area (Å²) in [5, 5.41) is 4.05. The van der Waals surface area contributed by atoms with Crippen molar-refractivity contribution in [1.29, 1.82) is 0 Å². The van der Waals surface area contributed by atoms with Gasteiger partial charge < -0.3 is 9.30 Å². The minimum absolute atomic E-state index is 0.0281. The minimum Gasteiger partial charge on any atom is -0.488 e. The third kappa shape index (κ3) is 5.86.